The molecule has 0 spiro atoms. The maximum Gasteiger partial charge on any atom is 0.122 e. The summed E-state index contributed by atoms with van der Waals surface area (Å²) in [5.41, 5.74) is 2.54. The molecule has 2 nitrogen and oxygen atoms in total. The lowest BCUT2D eigenvalue weighted by Crippen LogP contribution is -2.28. The number of aryl methyl sites for hydroxylation is 2. The van der Waals surface area contributed by atoms with Gasteiger partial charge in [-0.3, -0.25) is 0 Å². The molecule has 1 heterocycles. The fourth-order valence-electron chi connectivity index (χ4n) is 2.47. The van der Waals surface area contributed by atoms with Crippen molar-refractivity contribution in [3.63, 3.8) is 0 Å². The molecule has 2 rings (SSSR count). The Balaban J connectivity index is 0.00000162. The summed E-state index contributed by atoms with van der Waals surface area (Å²) in [6.07, 6.45) is 3.79. The van der Waals surface area contributed by atoms with Crippen LogP contribution in [0.4, 0.5) is 0 Å². The minimum atomic E-state index is 0. The minimum absolute atomic E-state index is 0. The van der Waals surface area contributed by atoms with Gasteiger partial charge >= 0.3 is 0 Å². The molecule has 1 aliphatic rings. The predicted molar refractivity (Wildman–Crippen MR) is 78.9 cm³/mol. The molecule has 1 N–H and O–H groups in total. The van der Waals surface area contributed by atoms with Crippen molar-refractivity contribution >= 4 is 12.4 Å². The molecular weight excluding hydrogens is 246 g/mol. The van der Waals surface area contributed by atoms with Crippen molar-refractivity contribution in [1.82, 2.24) is 5.32 Å². The average molecular weight is 270 g/mol. The summed E-state index contributed by atoms with van der Waals surface area (Å²) in [4.78, 5) is 0. The molecule has 0 atom stereocenters. The fraction of sp³-hybridized carbons (Fsp3) is 0.600. The van der Waals surface area contributed by atoms with Crippen LogP contribution in [0.3, 0.4) is 0 Å². The second-order valence-corrected chi connectivity index (χ2v) is 5.10. The van der Waals surface area contributed by atoms with E-state index in [-0.39, 0.29) is 12.4 Å². The molecule has 3 heteroatoms. The van der Waals surface area contributed by atoms with Crippen molar-refractivity contribution in [2.45, 2.75) is 33.1 Å². The van der Waals surface area contributed by atoms with Gasteiger partial charge in [0.25, 0.3) is 0 Å². The standard InChI is InChI=1S/C15H23NO.ClH/c1-12-3-4-15(13(2)11-12)17-10-7-14-5-8-16-9-6-14;/h3-4,11,14,16H,5-10H2,1-2H3;1H. The van der Waals surface area contributed by atoms with Crippen LogP contribution < -0.4 is 10.1 Å². The maximum atomic E-state index is 5.87. The van der Waals surface area contributed by atoms with Gasteiger partial charge in [-0.2, -0.15) is 0 Å². The van der Waals surface area contributed by atoms with Crippen LogP contribution in [0.1, 0.15) is 30.4 Å². The molecule has 1 saturated heterocycles. The summed E-state index contributed by atoms with van der Waals surface area (Å²) in [6.45, 7) is 7.44. The van der Waals surface area contributed by atoms with Gasteiger partial charge in [-0.15, -0.1) is 12.4 Å². The van der Waals surface area contributed by atoms with Crippen LogP contribution in [0.15, 0.2) is 18.2 Å². The fourth-order valence-corrected chi connectivity index (χ4v) is 2.47. The van der Waals surface area contributed by atoms with Crippen molar-refractivity contribution in [2.75, 3.05) is 19.7 Å². The molecule has 1 aliphatic heterocycles. The van der Waals surface area contributed by atoms with Gasteiger partial charge in [-0.25, -0.2) is 0 Å². The molecule has 0 amide bonds. The lowest BCUT2D eigenvalue weighted by Gasteiger charge is -2.22. The van der Waals surface area contributed by atoms with Gasteiger partial charge in [-0.1, -0.05) is 17.7 Å². The zero-order valence-corrected chi connectivity index (χ0v) is 12.2. The predicted octanol–water partition coefficient (Wildman–Crippen LogP) is 3.49. The lowest BCUT2D eigenvalue weighted by atomic mass is 9.95. The van der Waals surface area contributed by atoms with Crippen LogP contribution in [0.25, 0.3) is 0 Å². The van der Waals surface area contributed by atoms with E-state index in [1.807, 2.05) is 0 Å². The SMILES string of the molecule is Cc1ccc(OCCC2CCNCC2)c(C)c1.Cl. The quantitative estimate of drug-likeness (QED) is 0.903. The van der Waals surface area contributed by atoms with E-state index in [1.54, 1.807) is 0 Å². The Labute approximate surface area is 117 Å². The number of nitrogens with one attached hydrogen (secondary N) is 1. The molecule has 102 valence electrons. The van der Waals surface area contributed by atoms with Gasteiger partial charge in [0.05, 0.1) is 6.61 Å². The van der Waals surface area contributed by atoms with E-state index >= 15 is 0 Å². The number of benzene rings is 1. The van der Waals surface area contributed by atoms with Crippen LogP contribution >= 0.6 is 12.4 Å². The molecule has 0 saturated carbocycles. The van der Waals surface area contributed by atoms with E-state index in [1.165, 1.54) is 43.5 Å². The summed E-state index contributed by atoms with van der Waals surface area (Å²) in [5.74, 6) is 1.89. The highest BCUT2D eigenvalue weighted by atomic mass is 35.5. The number of rotatable bonds is 4. The Morgan fingerprint density at radius 1 is 1.22 bits per heavy atom. The third-order valence-electron chi connectivity index (χ3n) is 3.57. The van der Waals surface area contributed by atoms with E-state index in [0.717, 1.165) is 18.3 Å². The molecular formula is C15H24ClNO. The Bertz CT molecular complexity index is 362. The Hall–Kier alpha value is -0.730. The van der Waals surface area contributed by atoms with Gasteiger partial charge in [0, 0.05) is 0 Å². The number of hydrogen-bond donors (Lipinski definition) is 1. The van der Waals surface area contributed by atoms with E-state index in [4.69, 9.17) is 4.74 Å². The second kappa shape index (κ2) is 7.65. The average Bonchev–Trinajstić information content (AvgIpc) is 2.33. The molecule has 1 aromatic carbocycles. The van der Waals surface area contributed by atoms with Gasteiger partial charge in [0.2, 0.25) is 0 Å². The molecule has 0 unspecified atom stereocenters. The van der Waals surface area contributed by atoms with E-state index < -0.39 is 0 Å². The number of ether oxygens (including phenoxy) is 1. The topological polar surface area (TPSA) is 21.3 Å². The Morgan fingerprint density at radius 2 is 1.94 bits per heavy atom. The van der Waals surface area contributed by atoms with E-state index in [0.29, 0.717) is 0 Å². The van der Waals surface area contributed by atoms with Crippen LogP contribution in [0.2, 0.25) is 0 Å². The molecule has 0 radical (unpaired) electrons. The van der Waals surface area contributed by atoms with Crippen molar-refractivity contribution in [3.05, 3.63) is 29.3 Å². The summed E-state index contributed by atoms with van der Waals surface area (Å²) in [7, 11) is 0. The zero-order valence-electron chi connectivity index (χ0n) is 11.4. The number of halogens is 1. The minimum Gasteiger partial charge on any atom is -0.493 e. The Morgan fingerprint density at radius 3 is 2.61 bits per heavy atom. The van der Waals surface area contributed by atoms with Gasteiger partial charge in [0.1, 0.15) is 5.75 Å². The monoisotopic (exact) mass is 269 g/mol. The Kier molecular flexibility index (Phi) is 6.51. The number of piperidine rings is 1. The summed E-state index contributed by atoms with van der Waals surface area (Å²) in [5, 5.41) is 3.40. The van der Waals surface area contributed by atoms with Crippen LogP contribution in [-0.4, -0.2) is 19.7 Å². The van der Waals surface area contributed by atoms with E-state index in [9.17, 15) is 0 Å². The first kappa shape index (κ1) is 15.3. The second-order valence-electron chi connectivity index (χ2n) is 5.10. The normalized spacial score (nSPS) is 16.1. The first-order valence-corrected chi connectivity index (χ1v) is 6.66. The van der Waals surface area contributed by atoms with E-state index in [2.05, 4.69) is 37.4 Å². The van der Waals surface area contributed by atoms with Gasteiger partial charge in [-0.05, 0) is 63.7 Å². The third kappa shape index (κ3) is 4.51. The van der Waals surface area contributed by atoms with Crippen molar-refractivity contribution in [3.8, 4) is 5.75 Å². The molecule has 0 aliphatic carbocycles. The molecule has 0 aromatic heterocycles. The number of hydrogen-bond acceptors (Lipinski definition) is 2. The van der Waals surface area contributed by atoms with Crippen LogP contribution in [0, 0.1) is 19.8 Å². The first-order valence-electron chi connectivity index (χ1n) is 6.66. The highest BCUT2D eigenvalue weighted by Crippen LogP contribution is 2.21. The van der Waals surface area contributed by atoms with Gasteiger partial charge in [0.15, 0.2) is 0 Å². The van der Waals surface area contributed by atoms with Crippen molar-refractivity contribution in [1.29, 1.82) is 0 Å². The first-order chi connectivity index (χ1) is 8.25. The zero-order chi connectivity index (χ0) is 12.1. The smallest absolute Gasteiger partial charge is 0.122 e. The van der Waals surface area contributed by atoms with Crippen LogP contribution in [-0.2, 0) is 0 Å². The largest absolute Gasteiger partial charge is 0.493 e. The highest BCUT2D eigenvalue weighted by molar-refractivity contribution is 5.85. The summed E-state index contributed by atoms with van der Waals surface area (Å²) < 4.78 is 5.87. The lowest BCUT2D eigenvalue weighted by molar-refractivity contribution is 0.250. The van der Waals surface area contributed by atoms with Gasteiger partial charge < -0.3 is 10.1 Å². The third-order valence-corrected chi connectivity index (χ3v) is 3.57. The van der Waals surface area contributed by atoms with Crippen molar-refractivity contribution in [2.24, 2.45) is 5.92 Å². The van der Waals surface area contributed by atoms with Crippen LogP contribution in [0.5, 0.6) is 5.75 Å². The molecule has 1 aromatic rings. The van der Waals surface area contributed by atoms with Crippen molar-refractivity contribution < 1.29 is 4.74 Å². The molecule has 1 fully saturated rings. The summed E-state index contributed by atoms with van der Waals surface area (Å²) >= 11 is 0. The molecule has 18 heavy (non-hydrogen) atoms. The highest BCUT2D eigenvalue weighted by Gasteiger charge is 2.12. The summed E-state index contributed by atoms with van der Waals surface area (Å²) in [6, 6.07) is 6.39. The molecule has 0 bridgehead atoms. The maximum absolute atomic E-state index is 5.87.